The van der Waals surface area contributed by atoms with Crippen LogP contribution in [0.1, 0.15) is 41.5 Å². The summed E-state index contributed by atoms with van der Waals surface area (Å²) in [5.74, 6) is -1.53. The van der Waals surface area contributed by atoms with E-state index >= 15 is 0 Å². The van der Waals surface area contributed by atoms with Gasteiger partial charge in [0.2, 0.25) is 5.91 Å². The third kappa shape index (κ3) is 3.26. The molecule has 0 aromatic heterocycles. The molecule has 23 heavy (non-hydrogen) atoms. The third-order valence-corrected chi connectivity index (χ3v) is 4.35. The van der Waals surface area contributed by atoms with Crippen LogP contribution in [-0.4, -0.2) is 17.0 Å². The number of carbonyl (C=O) groups is 2. The highest BCUT2D eigenvalue weighted by Crippen LogP contribution is 2.32. The first-order valence-corrected chi connectivity index (χ1v) is 7.83. The number of hydrogen-bond donors (Lipinski definition) is 2. The third-order valence-electron chi connectivity index (χ3n) is 4.35. The molecule has 2 atom stereocenters. The van der Waals surface area contributed by atoms with E-state index in [0.29, 0.717) is 5.56 Å². The van der Waals surface area contributed by atoms with Gasteiger partial charge in [0.15, 0.2) is 6.04 Å². The second kappa shape index (κ2) is 6.65. The second-order valence-electron chi connectivity index (χ2n) is 5.83. The molecule has 0 spiro atoms. The molecule has 1 aliphatic rings. The van der Waals surface area contributed by atoms with Crippen molar-refractivity contribution >= 4 is 11.9 Å². The lowest BCUT2D eigenvalue weighted by Gasteiger charge is -2.26. The average molecular weight is 309 g/mol. The molecule has 2 unspecified atom stereocenters. The number of benzene rings is 2. The van der Waals surface area contributed by atoms with E-state index in [2.05, 4.69) is 5.32 Å². The summed E-state index contributed by atoms with van der Waals surface area (Å²) in [6.45, 7) is 0. The van der Waals surface area contributed by atoms with E-state index in [1.54, 1.807) is 24.3 Å². The first-order chi connectivity index (χ1) is 11.2. The van der Waals surface area contributed by atoms with Crippen molar-refractivity contribution in [3.8, 4) is 0 Å². The Morgan fingerprint density at radius 2 is 1.74 bits per heavy atom. The van der Waals surface area contributed by atoms with E-state index in [9.17, 15) is 14.7 Å². The zero-order chi connectivity index (χ0) is 16.2. The lowest BCUT2D eigenvalue weighted by Crippen LogP contribution is -2.37. The van der Waals surface area contributed by atoms with E-state index in [0.717, 1.165) is 24.8 Å². The van der Waals surface area contributed by atoms with E-state index < -0.39 is 12.0 Å². The van der Waals surface area contributed by atoms with Crippen LogP contribution in [0.2, 0.25) is 0 Å². The summed E-state index contributed by atoms with van der Waals surface area (Å²) in [6, 6.07) is 15.7. The van der Waals surface area contributed by atoms with Gasteiger partial charge in [-0.1, -0.05) is 54.6 Å². The van der Waals surface area contributed by atoms with Crippen LogP contribution in [0.25, 0.3) is 0 Å². The van der Waals surface area contributed by atoms with Crippen LogP contribution in [-0.2, 0) is 16.0 Å². The minimum Gasteiger partial charge on any atom is -0.479 e. The summed E-state index contributed by atoms with van der Waals surface area (Å²) in [6.07, 6.45) is 2.67. The molecule has 2 N–H and O–H groups in total. The largest absolute Gasteiger partial charge is 0.479 e. The molecule has 2 aromatic carbocycles. The van der Waals surface area contributed by atoms with Gasteiger partial charge in [0.1, 0.15) is 0 Å². The zero-order valence-electron chi connectivity index (χ0n) is 12.7. The first kappa shape index (κ1) is 15.3. The fourth-order valence-electron chi connectivity index (χ4n) is 3.20. The van der Waals surface area contributed by atoms with Crippen LogP contribution in [0.15, 0.2) is 54.6 Å². The van der Waals surface area contributed by atoms with Gasteiger partial charge >= 0.3 is 5.97 Å². The Labute approximate surface area is 135 Å². The summed E-state index contributed by atoms with van der Waals surface area (Å²) in [7, 11) is 0. The number of aryl methyl sites for hydroxylation is 1. The van der Waals surface area contributed by atoms with Crippen molar-refractivity contribution in [1.82, 2.24) is 5.32 Å². The van der Waals surface area contributed by atoms with Gasteiger partial charge in [0.05, 0.1) is 5.92 Å². The molecule has 0 heterocycles. The highest BCUT2D eigenvalue weighted by molar-refractivity contribution is 5.89. The fourth-order valence-corrected chi connectivity index (χ4v) is 3.20. The zero-order valence-corrected chi connectivity index (χ0v) is 12.7. The molecule has 0 fully saturated rings. The maximum absolute atomic E-state index is 12.7. The molecule has 0 saturated carbocycles. The highest BCUT2D eigenvalue weighted by atomic mass is 16.4. The van der Waals surface area contributed by atoms with Crippen molar-refractivity contribution in [3.05, 3.63) is 71.3 Å². The molecule has 4 heteroatoms. The van der Waals surface area contributed by atoms with Crippen LogP contribution >= 0.6 is 0 Å². The molecule has 0 bridgehead atoms. The number of carboxylic acids is 1. The predicted molar refractivity (Wildman–Crippen MR) is 87.1 cm³/mol. The van der Waals surface area contributed by atoms with Gasteiger partial charge in [-0.15, -0.1) is 0 Å². The summed E-state index contributed by atoms with van der Waals surface area (Å²) in [5, 5.41) is 12.2. The van der Waals surface area contributed by atoms with Crippen molar-refractivity contribution in [2.24, 2.45) is 0 Å². The van der Waals surface area contributed by atoms with Gasteiger partial charge in [-0.25, -0.2) is 4.79 Å². The minimum absolute atomic E-state index is 0.214. The average Bonchev–Trinajstić information content (AvgIpc) is 2.59. The smallest absolute Gasteiger partial charge is 0.330 e. The Hall–Kier alpha value is -2.62. The number of hydrogen-bond acceptors (Lipinski definition) is 2. The van der Waals surface area contributed by atoms with Crippen LogP contribution in [0.5, 0.6) is 0 Å². The summed E-state index contributed by atoms with van der Waals surface area (Å²) < 4.78 is 0. The summed E-state index contributed by atoms with van der Waals surface area (Å²) in [4.78, 5) is 24.2. The van der Waals surface area contributed by atoms with E-state index in [1.807, 2.05) is 30.3 Å². The number of nitrogens with one attached hydrogen (secondary N) is 1. The summed E-state index contributed by atoms with van der Waals surface area (Å²) in [5.41, 5.74) is 2.79. The van der Waals surface area contributed by atoms with Gasteiger partial charge in [-0.2, -0.15) is 0 Å². The maximum atomic E-state index is 12.7. The molecule has 2 aromatic rings. The Morgan fingerprint density at radius 3 is 2.48 bits per heavy atom. The number of aliphatic carboxylic acids is 1. The van der Waals surface area contributed by atoms with Crippen LogP contribution < -0.4 is 5.32 Å². The van der Waals surface area contributed by atoms with E-state index in [-0.39, 0.29) is 11.8 Å². The summed E-state index contributed by atoms with van der Waals surface area (Å²) >= 11 is 0. The SMILES string of the molecule is O=C(NC(C(=O)O)c1ccccc1)C1CCCc2ccccc21. The highest BCUT2D eigenvalue weighted by Gasteiger charge is 2.30. The monoisotopic (exact) mass is 309 g/mol. The molecular weight excluding hydrogens is 290 g/mol. The quantitative estimate of drug-likeness (QED) is 0.912. The number of carbonyl (C=O) groups excluding carboxylic acids is 1. The normalized spacial score (nSPS) is 17.8. The number of carboxylic acid groups (broad SMARTS) is 1. The van der Waals surface area contributed by atoms with Crippen molar-refractivity contribution in [2.75, 3.05) is 0 Å². The van der Waals surface area contributed by atoms with Crippen molar-refractivity contribution in [3.63, 3.8) is 0 Å². The molecule has 0 radical (unpaired) electrons. The molecule has 118 valence electrons. The van der Waals surface area contributed by atoms with Crippen LogP contribution in [0.3, 0.4) is 0 Å². The molecule has 0 aliphatic heterocycles. The Kier molecular flexibility index (Phi) is 4.42. The van der Waals surface area contributed by atoms with Gasteiger partial charge in [-0.3, -0.25) is 4.79 Å². The fraction of sp³-hybridized carbons (Fsp3) is 0.263. The Bertz CT molecular complexity index is 712. The standard InChI is InChI=1S/C19H19NO3/c21-18(16-12-6-10-13-7-4-5-11-15(13)16)20-17(19(22)23)14-8-2-1-3-9-14/h1-5,7-9,11,16-17H,6,10,12H2,(H,20,21)(H,22,23). The number of fused-ring (bicyclic) bond motifs is 1. The molecule has 4 nitrogen and oxygen atoms in total. The van der Waals surface area contributed by atoms with Crippen LogP contribution in [0.4, 0.5) is 0 Å². The predicted octanol–water partition coefficient (Wildman–Crippen LogP) is 3.05. The minimum atomic E-state index is -1.05. The lowest BCUT2D eigenvalue weighted by atomic mass is 9.82. The maximum Gasteiger partial charge on any atom is 0.330 e. The van der Waals surface area contributed by atoms with Gasteiger partial charge in [-0.05, 0) is 36.0 Å². The number of rotatable bonds is 4. The van der Waals surface area contributed by atoms with Crippen molar-refractivity contribution < 1.29 is 14.7 Å². The topological polar surface area (TPSA) is 66.4 Å². The molecule has 3 rings (SSSR count). The van der Waals surface area contributed by atoms with Gasteiger partial charge in [0.25, 0.3) is 0 Å². The lowest BCUT2D eigenvalue weighted by molar-refractivity contribution is -0.142. The second-order valence-corrected chi connectivity index (χ2v) is 5.83. The van der Waals surface area contributed by atoms with Crippen molar-refractivity contribution in [2.45, 2.75) is 31.2 Å². The molecular formula is C19H19NO3. The first-order valence-electron chi connectivity index (χ1n) is 7.83. The Morgan fingerprint density at radius 1 is 1.04 bits per heavy atom. The van der Waals surface area contributed by atoms with Crippen LogP contribution in [0, 0.1) is 0 Å². The van der Waals surface area contributed by atoms with Crippen molar-refractivity contribution in [1.29, 1.82) is 0 Å². The molecule has 1 amide bonds. The van der Waals surface area contributed by atoms with Gasteiger partial charge < -0.3 is 10.4 Å². The van der Waals surface area contributed by atoms with E-state index in [4.69, 9.17) is 0 Å². The molecule has 0 saturated heterocycles. The van der Waals surface area contributed by atoms with Gasteiger partial charge in [0, 0.05) is 0 Å². The Balaban J connectivity index is 1.82. The van der Waals surface area contributed by atoms with E-state index in [1.165, 1.54) is 5.56 Å². The molecule has 1 aliphatic carbocycles. The number of amides is 1.